The zero-order valence-electron chi connectivity index (χ0n) is 26.2. The summed E-state index contributed by atoms with van der Waals surface area (Å²) in [5, 5.41) is 1.30. The highest BCUT2D eigenvalue weighted by molar-refractivity contribution is 7.19. The van der Waals surface area contributed by atoms with E-state index < -0.39 is 5.41 Å². The van der Waals surface area contributed by atoms with Gasteiger partial charge in [-0.3, -0.25) is 14.7 Å². The van der Waals surface area contributed by atoms with Gasteiger partial charge in [0.2, 0.25) is 5.91 Å². The van der Waals surface area contributed by atoms with E-state index in [-0.39, 0.29) is 0 Å². The Bertz CT molecular complexity index is 1570. The summed E-state index contributed by atoms with van der Waals surface area (Å²) in [6.07, 6.45) is 9.54. The van der Waals surface area contributed by atoms with Crippen molar-refractivity contribution in [1.29, 1.82) is 0 Å². The third-order valence-corrected chi connectivity index (χ3v) is 11.6. The number of aromatic nitrogens is 2. The third kappa shape index (κ3) is 5.56. The number of H-pyrrole nitrogens is 1. The van der Waals surface area contributed by atoms with Crippen LogP contribution in [0, 0.1) is 13.8 Å². The van der Waals surface area contributed by atoms with Crippen molar-refractivity contribution < 1.29 is 4.79 Å². The van der Waals surface area contributed by atoms with Gasteiger partial charge in [0.1, 0.15) is 4.83 Å². The first kappa shape index (κ1) is 28.8. The Labute approximate surface area is 260 Å². The highest BCUT2D eigenvalue weighted by atomic mass is 32.1. The normalized spacial score (nSPS) is 21.3. The van der Waals surface area contributed by atoms with Crippen molar-refractivity contribution in [2.75, 3.05) is 32.7 Å². The maximum absolute atomic E-state index is 14.0. The molecule has 0 saturated carbocycles. The fraction of sp³-hybridized carbons (Fsp3) is 0.500. The summed E-state index contributed by atoms with van der Waals surface area (Å²) >= 11 is 1.79. The number of aromatic amines is 1. The smallest absolute Gasteiger partial charge is 0.233 e. The molecule has 7 rings (SSSR count). The van der Waals surface area contributed by atoms with Crippen molar-refractivity contribution in [2.24, 2.45) is 0 Å². The second-order valence-corrected chi connectivity index (χ2v) is 14.8. The fourth-order valence-electron chi connectivity index (χ4n) is 7.83. The van der Waals surface area contributed by atoms with Gasteiger partial charge in [-0.15, -0.1) is 11.3 Å². The largest absolute Gasteiger partial charge is 0.346 e. The SMILES string of the molecule is Cc1cc(C)cc(-c2[nH]c3sc(C(C)(C)C(=O)N4C5CCC4CC5)cc3c2CCN2CCN(Cc3cccnc3)CC2)c1. The van der Waals surface area contributed by atoms with Crippen molar-refractivity contribution in [3.8, 4) is 11.3 Å². The molecule has 3 aromatic heterocycles. The molecule has 7 heteroatoms. The van der Waals surface area contributed by atoms with Gasteiger partial charge in [0.05, 0.1) is 11.1 Å². The summed E-state index contributed by atoms with van der Waals surface area (Å²) in [6.45, 7) is 15.0. The van der Waals surface area contributed by atoms with Gasteiger partial charge in [-0.1, -0.05) is 23.3 Å². The van der Waals surface area contributed by atoms with Gasteiger partial charge < -0.3 is 14.8 Å². The summed E-state index contributed by atoms with van der Waals surface area (Å²) in [5.41, 5.74) is 7.25. The van der Waals surface area contributed by atoms with Crippen molar-refractivity contribution in [3.63, 3.8) is 0 Å². The van der Waals surface area contributed by atoms with Crippen LogP contribution in [-0.2, 0) is 23.2 Å². The van der Waals surface area contributed by atoms with Crippen molar-refractivity contribution >= 4 is 27.5 Å². The van der Waals surface area contributed by atoms with E-state index in [0.717, 1.165) is 45.7 Å². The van der Waals surface area contributed by atoms with Crippen molar-refractivity contribution in [2.45, 2.75) is 83.8 Å². The molecule has 3 aliphatic heterocycles. The number of nitrogens with zero attached hydrogens (tertiary/aromatic N) is 4. The van der Waals surface area contributed by atoms with Crippen LogP contribution in [0.25, 0.3) is 21.5 Å². The Kier molecular flexibility index (Phi) is 7.68. The zero-order valence-corrected chi connectivity index (χ0v) is 27.0. The molecule has 0 atom stereocenters. The van der Waals surface area contributed by atoms with Crippen LogP contribution >= 0.6 is 11.3 Å². The first-order valence-corrected chi connectivity index (χ1v) is 17.0. The van der Waals surface area contributed by atoms with E-state index in [2.05, 4.69) is 82.7 Å². The monoisotopic (exact) mass is 595 g/mol. The summed E-state index contributed by atoms with van der Waals surface area (Å²) < 4.78 is 0. The maximum atomic E-state index is 14.0. The second-order valence-electron chi connectivity index (χ2n) is 13.7. The molecule has 2 bridgehead atoms. The summed E-state index contributed by atoms with van der Waals surface area (Å²) in [5.74, 6) is 0.321. The van der Waals surface area contributed by atoms with Crippen LogP contribution in [0.4, 0.5) is 0 Å². The quantitative estimate of drug-likeness (QED) is 0.246. The lowest BCUT2D eigenvalue weighted by Crippen LogP contribution is -2.46. The molecule has 1 N–H and O–H groups in total. The number of nitrogens with one attached hydrogen (secondary N) is 1. The molecule has 0 unspecified atom stereocenters. The van der Waals surface area contributed by atoms with Gasteiger partial charge in [-0.2, -0.15) is 0 Å². The van der Waals surface area contributed by atoms with E-state index >= 15 is 0 Å². The summed E-state index contributed by atoms with van der Waals surface area (Å²) in [6, 6.07) is 14.3. The molecule has 6 heterocycles. The Morgan fingerprint density at radius 2 is 1.65 bits per heavy atom. The predicted octanol–water partition coefficient (Wildman–Crippen LogP) is 6.70. The molecule has 1 aromatic carbocycles. The number of aryl methyl sites for hydroxylation is 2. The van der Waals surface area contributed by atoms with Crippen molar-refractivity contribution in [1.82, 2.24) is 24.7 Å². The lowest BCUT2D eigenvalue weighted by Gasteiger charge is -2.34. The molecule has 0 radical (unpaired) electrons. The number of amides is 1. The number of hydrogen-bond acceptors (Lipinski definition) is 5. The number of thiophene rings is 1. The Morgan fingerprint density at radius 1 is 0.977 bits per heavy atom. The van der Waals surface area contributed by atoms with Gasteiger partial charge in [0, 0.05) is 74.0 Å². The van der Waals surface area contributed by atoms with E-state index in [4.69, 9.17) is 0 Å². The first-order chi connectivity index (χ1) is 20.8. The van der Waals surface area contributed by atoms with Gasteiger partial charge in [0.15, 0.2) is 0 Å². The Morgan fingerprint density at radius 3 is 2.30 bits per heavy atom. The average Bonchev–Trinajstić information content (AvgIpc) is 3.77. The van der Waals surface area contributed by atoms with E-state index in [1.54, 1.807) is 11.3 Å². The molecule has 6 nitrogen and oxygen atoms in total. The molecule has 43 heavy (non-hydrogen) atoms. The fourth-order valence-corrected chi connectivity index (χ4v) is 9.01. The molecule has 0 aliphatic carbocycles. The van der Waals surface area contributed by atoms with Gasteiger partial charge in [-0.25, -0.2) is 0 Å². The number of hydrogen-bond donors (Lipinski definition) is 1. The minimum atomic E-state index is -0.516. The zero-order chi connectivity index (χ0) is 29.7. The molecule has 1 amide bonds. The number of rotatable bonds is 8. The van der Waals surface area contributed by atoms with E-state index in [1.165, 1.54) is 74.3 Å². The van der Waals surface area contributed by atoms with E-state index in [1.807, 2.05) is 18.5 Å². The highest BCUT2D eigenvalue weighted by Crippen LogP contribution is 2.44. The number of pyridine rings is 1. The molecule has 3 aliphatic rings. The number of carbonyl (C=O) groups is 1. The van der Waals surface area contributed by atoms with Crippen LogP contribution < -0.4 is 0 Å². The average molecular weight is 596 g/mol. The first-order valence-electron chi connectivity index (χ1n) is 16.2. The molecule has 0 spiro atoms. The molecule has 3 saturated heterocycles. The highest BCUT2D eigenvalue weighted by Gasteiger charge is 2.47. The van der Waals surface area contributed by atoms with Gasteiger partial charge in [0.25, 0.3) is 0 Å². The number of piperazine rings is 1. The maximum Gasteiger partial charge on any atom is 0.233 e. The summed E-state index contributed by atoms with van der Waals surface area (Å²) in [7, 11) is 0. The second kappa shape index (κ2) is 11.5. The number of carbonyl (C=O) groups excluding carboxylic acids is 1. The predicted molar refractivity (Wildman–Crippen MR) is 177 cm³/mol. The molecular weight excluding hydrogens is 550 g/mol. The lowest BCUT2D eigenvalue weighted by atomic mass is 9.88. The van der Waals surface area contributed by atoms with Crippen LogP contribution in [0.3, 0.4) is 0 Å². The molecule has 4 aromatic rings. The molecule has 226 valence electrons. The minimum absolute atomic E-state index is 0.321. The standard InChI is InChI=1S/C36H45N5OS/c1-24-18-25(2)20-27(19-24)33-30(11-13-39-14-16-40(17-15-39)23-26-6-5-12-37-22-26)31-21-32(43-34(31)38-33)36(3,4)35(42)41-28-7-8-29(41)10-9-28/h5-6,12,18-22,28-29,38H,7-11,13-17,23H2,1-4H3. The van der Waals surface area contributed by atoms with Crippen molar-refractivity contribution in [3.05, 3.63) is 75.9 Å². The molecular formula is C36H45N5OS. The van der Waals surface area contributed by atoms with Crippen LogP contribution in [0.1, 0.15) is 66.7 Å². The number of fused-ring (bicyclic) bond motifs is 3. The third-order valence-electron chi connectivity index (χ3n) is 10.2. The van der Waals surface area contributed by atoms with Gasteiger partial charge >= 0.3 is 0 Å². The van der Waals surface area contributed by atoms with Crippen LogP contribution in [0.15, 0.2) is 48.8 Å². The van der Waals surface area contributed by atoms with Crippen LogP contribution in [0.2, 0.25) is 0 Å². The number of benzene rings is 1. The van der Waals surface area contributed by atoms with E-state index in [9.17, 15) is 4.79 Å². The van der Waals surface area contributed by atoms with Gasteiger partial charge in [-0.05, 0) is 101 Å². The van der Waals surface area contributed by atoms with Crippen LogP contribution in [-0.4, -0.2) is 75.4 Å². The van der Waals surface area contributed by atoms with E-state index in [0.29, 0.717) is 18.0 Å². The lowest BCUT2D eigenvalue weighted by molar-refractivity contribution is -0.137. The summed E-state index contributed by atoms with van der Waals surface area (Å²) in [4.78, 5) is 31.9. The molecule has 3 fully saturated rings. The Balaban J connectivity index is 1.13. The minimum Gasteiger partial charge on any atom is -0.346 e. The topological polar surface area (TPSA) is 55.5 Å². The Hall–Kier alpha value is -3.00. The van der Waals surface area contributed by atoms with Crippen LogP contribution in [0.5, 0.6) is 0 Å².